The van der Waals surface area contributed by atoms with E-state index >= 15 is 0 Å². The molecule has 0 aromatic carbocycles. The van der Waals surface area contributed by atoms with Gasteiger partial charge in [-0.25, -0.2) is 9.78 Å². The monoisotopic (exact) mass is 239 g/mol. The van der Waals surface area contributed by atoms with Crippen molar-refractivity contribution in [3.63, 3.8) is 0 Å². The lowest BCUT2D eigenvalue weighted by Crippen LogP contribution is -2.34. The number of pyridine rings is 1. The van der Waals surface area contributed by atoms with Gasteiger partial charge in [-0.15, -0.1) is 0 Å². The van der Waals surface area contributed by atoms with E-state index in [-0.39, 0.29) is 6.54 Å². The van der Waals surface area contributed by atoms with Gasteiger partial charge in [0, 0.05) is 6.20 Å². The number of aromatic nitrogens is 1. The number of aliphatic hydroxyl groups excluding tert-OH is 1. The number of nitrogens with two attached hydrogens (primary N) is 1. The predicted octanol–water partition coefficient (Wildman–Crippen LogP) is -0.874. The van der Waals surface area contributed by atoms with Crippen molar-refractivity contribution in [2.45, 2.75) is 6.10 Å². The summed E-state index contributed by atoms with van der Waals surface area (Å²) in [6.07, 6.45) is 0.101. The molecule has 1 unspecified atom stereocenters. The fourth-order valence-corrected chi connectivity index (χ4v) is 1.07. The molecule has 0 aliphatic carbocycles. The highest BCUT2D eigenvalue weighted by atomic mass is 16.5. The van der Waals surface area contributed by atoms with E-state index in [1.165, 1.54) is 25.4 Å². The van der Waals surface area contributed by atoms with Crippen LogP contribution >= 0.6 is 0 Å². The number of carbonyl (C=O) groups is 2. The molecular formula is C10H13N3O4. The molecule has 0 saturated carbocycles. The number of primary amides is 1. The lowest BCUT2D eigenvalue weighted by atomic mass is 10.2. The molecule has 1 aromatic rings. The van der Waals surface area contributed by atoms with Gasteiger partial charge in [-0.2, -0.15) is 0 Å². The molecule has 92 valence electrons. The summed E-state index contributed by atoms with van der Waals surface area (Å²) >= 11 is 0. The largest absolute Gasteiger partial charge is 0.465 e. The summed E-state index contributed by atoms with van der Waals surface area (Å²) in [7, 11) is 1.27. The Bertz CT molecular complexity index is 422. The Kier molecular flexibility index (Phi) is 4.41. The molecule has 1 rings (SSSR count). The Morgan fingerprint density at radius 2 is 2.35 bits per heavy atom. The molecule has 17 heavy (non-hydrogen) atoms. The molecule has 4 N–H and O–H groups in total. The number of hydrogen-bond acceptors (Lipinski definition) is 6. The second-order valence-electron chi connectivity index (χ2n) is 3.22. The van der Waals surface area contributed by atoms with Crippen molar-refractivity contribution in [2.24, 2.45) is 5.73 Å². The number of nitrogens with zero attached hydrogens (tertiary/aromatic N) is 1. The van der Waals surface area contributed by atoms with E-state index in [4.69, 9.17) is 10.8 Å². The molecule has 0 aliphatic rings. The third kappa shape index (κ3) is 3.72. The molecule has 0 bridgehead atoms. The first-order valence-corrected chi connectivity index (χ1v) is 4.80. The number of aliphatic hydroxyl groups is 1. The van der Waals surface area contributed by atoms with Gasteiger partial charge in [0.05, 0.1) is 19.2 Å². The third-order valence-corrected chi connectivity index (χ3v) is 1.99. The zero-order valence-corrected chi connectivity index (χ0v) is 9.21. The zero-order chi connectivity index (χ0) is 12.8. The van der Waals surface area contributed by atoms with E-state index in [1.807, 2.05) is 0 Å². The van der Waals surface area contributed by atoms with Crippen LogP contribution in [0.1, 0.15) is 10.4 Å². The molecule has 0 fully saturated rings. The van der Waals surface area contributed by atoms with Crippen LogP contribution in [0.15, 0.2) is 18.3 Å². The third-order valence-electron chi connectivity index (χ3n) is 1.99. The van der Waals surface area contributed by atoms with Crippen LogP contribution in [0.25, 0.3) is 0 Å². The van der Waals surface area contributed by atoms with Gasteiger partial charge in [-0.05, 0) is 12.1 Å². The highest BCUT2D eigenvalue weighted by molar-refractivity contribution is 5.90. The Hall–Kier alpha value is -2.15. The highest BCUT2D eigenvalue weighted by Crippen LogP contribution is 2.07. The number of anilines is 1. The summed E-state index contributed by atoms with van der Waals surface area (Å²) in [5.41, 5.74) is 5.19. The first-order chi connectivity index (χ1) is 8.04. The molecule has 1 amide bonds. The maximum atomic E-state index is 11.2. The van der Waals surface area contributed by atoms with Crippen molar-refractivity contribution in [3.05, 3.63) is 23.9 Å². The van der Waals surface area contributed by atoms with Crippen molar-refractivity contribution in [2.75, 3.05) is 19.0 Å². The molecule has 7 heteroatoms. The van der Waals surface area contributed by atoms with Crippen molar-refractivity contribution < 1.29 is 19.4 Å². The summed E-state index contributed by atoms with van der Waals surface area (Å²) in [6.45, 7) is -0.0764. The first-order valence-electron chi connectivity index (χ1n) is 4.80. The molecular weight excluding hydrogens is 226 g/mol. The SMILES string of the molecule is COC(=O)c1ccnc(NCC(O)C(N)=O)c1. The van der Waals surface area contributed by atoms with Crippen LogP contribution in [-0.4, -0.2) is 41.7 Å². The van der Waals surface area contributed by atoms with Gasteiger partial charge in [-0.3, -0.25) is 4.79 Å². The smallest absolute Gasteiger partial charge is 0.338 e. The molecule has 1 aromatic heterocycles. The van der Waals surface area contributed by atoms with E-state index in [2.05, 4.69) is 15.0 Å². The second kappa shape index (κ2) is 5.80. The van der Waals surface area contributed by atoms with Crippen LogP contribution in [-0.2, 0) is 9.53 Å². The number of nitrogens with one attached hydrogen (secondary N) is 1. The van der Waals surface area contributed by atoms with Crippen molar-refractivity contribution in [3.8, 4) is 0 Å². The summed E-state index contributed by atoms with van der Waals surface area (Å²) in [5, 5.41) is 11.8. The molecule has 7 nitrogen and oxygen atoms in total. The fraction of sp³-hybridized carbons (Fsp3) is 0.300. The zero-order valence-electron chi connectivity index (χ0n) is 9.21. The Morgan fingerprint density at radius 1 is 1.65 bits per heavy atom. The van der Waals surface area contributed by atoms with Crippen LogP contribution in [0.5, 0.6) is 0 Å². The number of esters is 1. The van der Waals surface area contributed by atoms with Crippen LogP contribution in [0.4, 0.5) is 5.82 Å². The second-order valence-corrected chi connectivity index (χ2v) is 3.22. The van der Waals surface area contributed by atoms with Gasteiger partial charge in [-0.1, -0.05) is 0 Å². The van der Waals surface area contributed by atoms with Crippen molar-refractivity contribution >= 4 is 17.7 Å². The van der Waals surface area contributed by atoms with E-state index in [1.54, 1.807) is 0 Å². The van der Waals surface area contributed by atoms with Gasteiger partial charge in [0.2, 0.25) is 5.91 Å². The maximum Gasteiger partial charge on any atom is 0.338 e. The first kappa shape index (κ1) is 12.9. The lowest BCUT2D eigenvalue weighted by molar-refractivity contribution is -0.125. The van der Waals surface area contributed by atoms with Gasteiger partial charge >= 0.3 is 5.97 Å². The standard InChI is InChI=1S/C10H13N3O4/c1-17-10(16)6-2-3-12-8(4-6)13-5-7(14)9(11)15/h2-4,7,14H,5H2,1H3,(H2,11,15)(H,12,13). The summed E-state index contributed by atoms with van der Waals surface area (Å²) in [6, 6.07) is 2.93. The molecule has 1 atom stereocenters. The Labute approximate surface area is 97.6 Å². The average molecular weight is 239 g/mol. The molecule has 0 aliphatic heterocycles. The topological polar surface area (TPSA) is 115 Å². The van der Waals surface area contributed by atoms with Crippen LogP contribution in [0.3, 0.4) is 0 Å². The summed E-state index contributed by atoms with van der Waals surface area (Å²) in [4.78, 5) is 25.7. The van der Waals surface area contributed by atoms with Crippen molar-refractivity contribution in [1.29, 1.82) is 0 Å². The van der Waals surface area contributed by atoms with E-state index in [0.717, 1.165) is 0 Å². The van der Waals surface area contributed by atoms with Crippen LogP contribution < -0.4 is 11.1 Å². The Balaban J connectivity index is 2.66. The van der Waals surface area contributed by atoms with Gasteiger partial charge in [0.15, 0.2) is 0 Å². The van der Waals surface area contributed by atoms with Gasteiger partial charge in [0.25, 0.3) is 0 Å². The maximum absolute atomic E-state index is 11.2. The Morgan fingerprint density at radius 3 is 2.94 bits per heavy atom. The minimum atomic E-state index is -1.31. The normalized spacial score (nSPS) is 11.6. The molecule has 0 spiro atoms. The molecule has 0 saturated heterocycles. The highest BCUT2D eigenvalue weighted by Gasteiger charge is 2.11. The minimum absolute atomic E-state index is 0.0764. The number of methoxy groups -OCH3 is 1. The lowest BCUT2D eigenvalue weighted by Gasteiger charge is -2.09. The number of carbonyl (C=O) groups excluding carboxylic acids is 2. The minimum Gasteiger partial charge on any atom is -0.465 e. The predicted molar refractivity (Wildman–Crippen MR) is 59.3 cm³/mol. The van der Waals surface area contributed by atoms with Crippen LogP contribution in [0.2, 0.25) is 0 Å². The number of amides is 1. The van der Waals surface area contributed by atoms with Gasteiger partial charge < -0.3 is 20.9 Å². The van der Waals surface area contributed by atoms with Crippen molar-refractivity contribution in [1.82, 2.24) is 4.98 Å². The molecule has 1 heterocycles. The molecule has 0 radical (unpaired) electrons. The fourth-order valence-electron chi connectivity index (χ4n) is 1.07. The summed E-state index contributed by atoms with van der Waals surface area (Å²) < 4.78 is 4.54. The van der Waals surface area contributed by atoms with E-state index in [9.17, 15) is 9.59 Å². The number of rotatable bonds is 5. The number of hydrogen-bond donors (Lipinski definition) is 3. The average Bonchev–Trinajstić information content (AvgIpc) is 2.35. The van der Waals surface area contributed by atoms with E-state index < -0.39 is 18.0 Å². The van der Waals surface area contributed by atoms with Crippen LogP contribution in [0, 0.1) is 0 Å². The quantitative estimate of drug-likeness (QED) is 0.575. The number of ether oxygens (including phenoxy) is 1. The van der Waals surface area contributed by atoms with Gasteiger partial charge in [0.1, 0.15) is 11.9 Å². The summed E-state index contributed by atoms with van der Waals surface area (Å²) in [5.74, 6) is -0.985. The van der Waals surface area contributed by atoms with E-state index in [0.29, 0.717) is 11.4 Å².